The third-order valence-electron chi connectivity index (χ3n) is 2.55. The highest BCUT2D eigenvalue weighted by Crippen LogP contribution is 2.28. The molecule has 92 valence electrons. The van der Waals surface area contributed by atoms with E-state index in [0.717, 1.165) is 16.5 Å². The molecule has 0 N–H and O–H groups in total. The molecule has 2 rings (SSSR count). The first-order valence-corrected chi connectivity index (χ1v) is 6.12. The molecule has 0 radical (unpaired) electrons. The molecule has 0 aliphatic rings. The summed E-state index contributed by atoms with van der Waals surface area (Å²) in [5.74, 6) is 0. The van der Waals surface area contributed by atoms with Crippen molar-refractivity contribution in [2.75, 3.05) is 19.0 Å². The van der Waals surface area contributed by atoms with Crippen molar-refractivity contribution in [2.45, 2.75) is 4.90 Å². The zero-order valence-corrected chi connectivity index (χ0v) is 11.3. The summed E-state index contributed by atoms with van der Waals surface area (Å²) in [4.78, 5) is 2.36. The Morgan fingerprint density at radius 2 is 1.53 bits per heavy atom. The maximum Gasteiger partial charge on any atom is 0.168 e. The van der Waals surface area contributed by atoms with Gasteiger partial charge in [-0.05, 0) is 12.1 Å². The first-order chi connectivity index (χ1) is 7.61. The predicted octanol–water partition coefficient (Wildman–Crippen LogP) is 2.30. The van der Waals surface area contributed by atoms with Crippen molar-refractivity contribution in [2.24, 2.45) is 0 Å². The van der Waals surface area contributed by atoms with Crippen molar-refractivity contribution in [1.29, 1.82) is 0 Å². The maximum atomic E-state index is 11.1. The van der Waals surface area contributed by atoms with E-state index in [9.17, 15) is 8.42 Å². The SMILES string of the molecule is CN(C)c1cccc2c([SH](=O)=O)cccc12.Cl. The molecule has 0 fully saturated rings. The standard InChI is InChI=1S/C12H13NO2S.ClH/c1-13(2)11-7-3-6-10-9(11)5-4-8-12(10)16(14)15;/h3-8,16H,1-2H3;1H. The molecular formula is C12H14ClNO2S. The van der Waals surface area contributed by atoms with E-state index in [1.165, 1.54) is 0 Å². The van der Waals surface area contributed by atoms with E-state index in [4.69, 9.17) is 0 Å². The van der Waals surface area contributed by atoms with Crippen LogP contribution >= 0.6 is 12.4 Å². The molecule has 5 heteroatoms. The molecule has 0 saturated carbocycles. The highest BCUT2D eigenvalue weighted by molar-refractivity contribution is 7.72. The minimum atomic E-state index is -2.55. The van der Waals surface area contributed by atoms with Crippen molar-refractivity contribution in [3.8, 4) is 0 Å². The summed E-state index contributed by atoms with van der Waals surface area (Å²) >= 11 is 0. The summed E-state index contributed by atoms with van der Waals surface area (Å²) in [5, 5.41) is 1.74. The highest BCUT2D eigenvalue weighted by Gasteiger charge is 2.06. The van der Waals surface area contributed by atoms with Crippen LogP contribution in [0.15, 0.2) is 41.3 Å². The van der Waals surface area contributed by atoms with Crippen molar-refractivity contribution >= 4 is 39.6 Å². The second kappa shape index (κ2) is 5.38. The number of hydrogen-bond donors (Lipinski definition) is 1. The lowest BCUT2D eigenvalue weighted by atomic mass is 10.1. The van der Waals surface area contributed by atoms with E-state index in [0.29, 0.717) is 4.90 Å². The van der Waals surface area contributed by atoms with Gasteiger partial charge in [-0.2, -0.15) is 0 Å². The van der Waals surface area contributed by atoms with Crippen LogP contribution in [-0.4, -0.2) is 22.5 Å². The van der Waals surface area contributed by atoms with Gasteiger partial charge in [0.1, 0.15) is 0 Å². The monoisotopic (exact) mass is 271 g/mol. The highest BCUT2D eigenvalue weighted by atomic mass is 35.5. The Labute approximate surface area is 108 Å². The second-order valence-corrected chi connectivity index (χ2v) is 4.80. The fraction of sp³-hybridized carbons (Fsp3) is 0.167. The average molecular weight is 272 g/mol. The van der Waals surface area contributed by atoms with Crippen LogP contribution in [0.2, 0.25) is 0 Å². The van der Waals surface area contributed by atoms with Crippen LogP contribution in [0.3, 0.4) is 0 Å². The number of thiol groups is 1. The Hall–Kier alpha value is -1.26. The Morgan fingerprint density at radius 1 is 0.941 bits per heavy atom. The van der Waals surface area contributed by atoms with Gasteiger partial charge in [-0.1, -0.05) is 24.3 Å². The molecule has 0 atom stereocenters. The molecule has 0 aromatic heterocycles. The van der Waals surface area contributed by atoms with Crippen LogP contribution in [0.5, 0.6) is 0 Å². The predicted molar refractivity (Wildman–Crippen MR) is 74.1 cm³/mol. The van der Waals surface area contributed by atoms with E-state index in [1.807, 2.05) is 43.3 Å². The molecule has 0 spiro atoms. The summed E-state index contributed by atoms with van der Waals surface area (Å²) in [6.07, 6.45) is 0. The minimum Gasteiger partial charge on any atom is -0.377 e. The number of rotatable bonds is 2. The summed E-state index contributed by atoms with van der Waals surface area (Å²) in [5.41, 5.74) is 1.02. The smallest absolute Gasteiger partial charge is 0.168 e. The fourth-order valence-electron chi connectivity index (χ4n) is 1.83. The Balaban J connectivity index is 0.00000144. The van der Waals surface area contributed by atoms with Gasteiger partial charge in [0.25, 0.3) is 0 Å². The van der Waals surface area contributed by atoms with E-state index in [2.05, 4.69) is 0 Å². The van der Waals surface area contributed by atoms with Crippen LogP contribution in [-0.2, 0) is 10.7 Å². The number of halogens is 1. The number of nitrogens with zero attached hydrogens (tertiary/aromatic N) is 1. The summed E-state index contributed by atoms with van der Waals surface area (Å²) in [6.45, 7) is 0. The first kappa shape index (κ1) is 13.8. The summed E-state index contributed by atoms with van der Waals surface area (Å²) in [7, 11) is 1.34. The summed E-state index contributed by atoms with van der Waals surface area (Å²) in [6, 6.07) is 11.0. The lowest BCUT2D eigenvalue weighted by Crippen LogP contribution is -2.08. The molecule has 3 nitrogen and oxygen atoms in total. The van der Waals surface area contributed by atoms with Gasteiger partial charge < -0.3 is 4.90 Å². The third kappa shape index (κ3) is 2.53. The van der Waals surface area contributed by atoms with Crippen molar-refractivity contribution < 1.29 is 8.42 Å². The van der Waals surface area contributed by atoms with E-state index < -0.39 is 10.7 Å². The van der Waals surface area contributed by atoms with Gasteiger partial charge in [-0.3, -0.25) is 0 Å². The molecule has 17 heavy (non-hydrogen) atoms. The Bertz CT molecular complexity index is 600. The molecule has 0 heterocycles. The van der Waals surface area contributed by atoms with Gasteiger partial charge in [0.2, 0.25) is 0 Å². The van der Waals surface area contributed by atoms with Gasteiger partial charge in [-0.25, -0.2) is 8.42 Å². The first-order valence-electron chi connectivity index (χ1n) is 4.94. The molecule has 0 amide bonds. The molecule has 2 aromatic rings. The van der Waals surface area contributed by atoms with E-state index >= 15 is 0 Å². The van der Waals surface area contributed by atoms with Crippen LogP contribution in [0.25, 0.3) is 10.8 Å². The van der Waals surface area contributed by atoms with Crippen molar-refractivity contribution in [1.82, 2.24) is 0 Å². The average Bonchev–Trinajstić information content (AvgIpc) is 2.27. The van der Waals surface area contributed by atoms with Crippen LogP contribution in [0.4, 0.5) is 5.69 Å². The van der Waals surface area contributed by atoms with Crippen LogP contribution in [0.1, 0.15) is 0 Å². The molecular weight excluding hydrogens is 258 g/mol. The minimum absolute atomic E-state index is 0. The zero-order valence-electron chi connectivity index (χ0n) is 9.58. The lowest BCUT2D eigenvalue weighted by molar-refractivity contribution is 0.615. The van der Waals surface area contributed by atoms with Crippen LogP contribution in [0, 0.1) is 0 Å². The normalized spacial score (nSPS) is 10.3. The van der Waals surface area contributed by atoms with E-state index in [1.54, 1.807) is 12.1 Å². The lowest BCUT2D eigenvalue weighted by Gasteiger charge is -2.15. The molecule has 0 saturated heterocycles. The molecule has 0 aliphatic carbocycles. The van der Waals surface area contributed by atoms with Crippen molar-refractivity contribution in [3.05, 3.63) is 36.4 Å². The molecule has 0 unspecified atom stereocenters. The number of hydrogen-bond acceptors (Lipinski definition) is 3. The van der Waals surface area contributed by atoms with Crippen LogP contribution < -0.4 is 4.90 Å². The molecule has 0 aliphatic heterocycles. The zero-order chi connectivity index (χ0) is 11.7. The Kier molecular flexibility index (Phi) is 4.37. The van der Waals surface area contributed by atoms with Gasteiger partial charge >= 0.3 is 0 Å². The Morgan fingerprint density at radius 3 is 2.12 bits per heavy atom. The second-order valence-electron chi connectivity index (χ2n) is 3.80. The third-order valence-corrected chi connectivity index (χ3v) is 3.34. The van der Waals surface area contributed by atoms with Gasteiger partial charge in [-0.15, -0.1) is 12.4 Å². The summed E-state index contributed by atoms with van der Waals surface area (Å²) < 4.78 is 22.2. The molecule has 0 bridgehead atoms. The molecule has 2 aromatic carbocycles. The van der Waals surface area contributed by atoms with Crippen molar-refractivity contribution in [3.63, 3.8) is 0 Å². The number of anilines is 1. The fourth-order valence-corrected chi connectivity index (χ4v) is 2.43. The van der Waals surface area contributed by atoms with Gasteiger partial charge in [0.05, 0.1) is 4.90 Å². The topological polar surface area (TPSA) is 37.4 Å². The number of fused-ring (bicyclic) bond motifs is 1. The van der Waals surface area contributed by atoms with E-state index in [-0.39, 0.29) is 12.4 Å². The van der Waals surface area contributed by atoms with Gasteiger partial charge in [0.15, 0.2) is 10.7 Å². The van der Waals surface area contributed by atoms with Gasteiger partial charge in [0, 0.05) is 30.6 Å². The number of benzene rings is 2. The quantitative estimate of drug-likeness (QED) is 0.852. The maximum absolute atomic E-state index is 11.1. The largest absolute Gasteiger partial charge is 0.377 e.